The molecule has 1 saturated heterocycles. The molecular weight excluding hydrogens is 334 g/mol. The Morgan fingerprint density at radius 3 is 2.09 bits per heavy atom. The molecule has 1 atom stereocenters. The molecule has 0 spiro atoms. The van der Waals surface area contributed by atoms with E-state index in [1.165, 1.54) is 4.90 Å². The summed E-state index contributed by atoms with van der Waals surface area (Å²) in [5, 5.41) is 2.97. The number of alkyl halides is 3. The van der Waals surface area contributed by atoms with Crippen LogP contribution in [0.1, 0.15) is 18.0 Å². The zero-order valence-electron chi connectivity index (χ0n) is 11.4. The number of nitrogens with one attached hydrogen (secondary N) is 1. The van der Waals surface area contributed by atoms with Crippen molar-refractivity contribution in [2.45, 2.75) is 18.6 Å². The number of halogens is 7. The van der Waals surface area contributed by atoms with E-state index in [-0.39, 0.29) is 31.6 Å². The summed E-state index contributed by atoms with van der Waals surface area (Å²) in [4.78, 5) is 1.43. The second-order valence-electron chi connectivity index (χ2n) is 4.91. The van der Waals surface area contributed by atoms with Gasteiger partial charge < -0.3 is 5.32 Å². The van der Waals surface area contributed by atoms with Crippen LogP contribution in [0.25, 0.3) is 0 Å². The Labute approximate surface area is 129 Å². The average Bonchev–Trinajstić information content (AvgIpc) is 2.40. The van der Waals surface area contributed by atoms with Gasteiger partial charge in [0.1, 0.15) is 5.82 Å². The van der Waals surface area contributed by atoms with E-state index < -0.39 is 41.7 Å². The Morgan fingerprint density at radius 2 is 1.55 bits per heavy atom. The smallest absolute Gasteiger partial charge is 0.314 e. The minimum Gasteiger partial charge on any atom is -0.314 e. The van der Waals surface area contributed by atoms with Crippen LogP contribution in [0, 0.1) is 17.5 Å². The van der Waals surface area contributed by atoms with Crippen molar-refractivity contribution in [3.05, 3.63) is 35.1 Å². The molecule has 126 valence electrons. The molecule has 0 unspecified atom stereocenters. The van der Waals surface area contributed by atoms with E-state index in [4.69, 9.17) is 0 Å². The van der Waals surface area contributed by atoms with Crippen molar-refractivity contribution < 1.29 is 26.3 Å². The first-order valence-corrected chi connectivity index (χ1v) is 6.44. The van der Waals surface area contributed by atoms with Gasteiger partial charge in [-0.3, -0.25) is 4.90 Å². The molecule has 1 N–H and O–H groups in total. The first-order valence-electron chi connectivity index (χ1n) is 6.44. The number of hydrogen-bond acceptors (Lipinski definition) is 2. The highest BCUT2D eigenvalue weighted by atomic mass is 35.5. The summed E-state index contributed by atoms with van der Waals surface area (Å²) < 4.78 is 78.2. The van der Waals surface area contributed by atoms with Gasteiger partial charge in [0.2, 0.25) is 0 Å². The van der Waals surface area contributed by atoms with Crippen LogP contribution in [0.3, 0.4) is 0 Å². The van der Waals surface area contributed by atoms with Gasteiger partial charge in [-0.25, -0.2) is 13.2 Å². The molecule has 0 bridgehead atoms. The fourth-order valence-electron chi connectivity index (χ4n) is 2.44. The van der Waals surface area contributed by atoms with Gasteiger partial charge in [0.15, 0.2) is 11.6 Å². The molecule has 2 rings (SSSR count). The second kappa shape index (κ2) is 7.52. The Kier molecular flexibility index (Phi) is 6.51. The molecule has 1 aliphatic rings. The number of piperazine rings is 1. The van der Waals surface area contributed by atoms with E-state index in [0.717, 1.165) is 0 Å². The third-order valence-electron chi connectivity index (χ3n) is 3.42. The van der Waals surface area contributed by atoms with Crippen LogP contribution in [0.15, 0.2) is 12.1 Å². The molecule has 9 heteroatoms. The predicted molar refractivity (Wildman–Crippen MR) is 71.4 cm³/mol. The molecule has 0 aromatic heterocycles. The maximum Gasteiger partial charge on any atom is 0.390 e. The van der Waals surface area contributed by atoms with E-state index >= 15 is 0 Å². The van der Waals surface area contributed by atoms with Gasteiger partial charge in [-0.15, -0.1) is 12.4 Å². The molecule has 22 heavy (non-hydrogen) atoms. The summed E-state index contributed by atoms with van der Waals surface area (Å²) in [7, 11) is 0. The maximum absolute atomic E-state index is 13.8. The standard InChI is InChI=1S/C13H14F6N2.ClH/c14-9-6-11(16)10(15)5-8(9)12(7-13(17,18)19)21-3-1-20-2-4-21;/h5-6,12,20H,1-4,7H2;1H/t12-;/m1./s1. The van der Waals surface area contributed by atoms with Crippen LogP contribution in [-0.4, -0.2) is 37.3 Å². The van der Waals surface area contributed by atoms with Gasteiger partial charge >= 0.3 is 6.18 Å². The van der Waals surface area contributed by atoms with Crippen molar-refractivity contribution in [3.8, 4) is 0 Å². The zero-order valence-corrected chi connectivity index (χ0v) is 12.2. The van der Waals surface area contributed by atoms with Crippen molar-refractivity contribution >= 4 is 12.4 Å². The summed E-state index contributed by atoms with van der Waals surface area (Å²) in [6.07, 6.45) is -5.85. The van der Waals surface area contributed by atoms with E-state index in [9.17, 15) is 26.3 Å². The Morgan fingerprint density at radius 1 is 1.00 bits per heavy atom. The molecule has 1 aliphatic heterocycles. The molecule has 1 heterocycles. The lowest BCUT2D eigenvalue weighted by Gasteiger charge is -2.35. The van der Waals surface area contributed by atoms with Crippen LogP contribution in [0.4, 0.5) is 26.3 Å². The van der Waals surface area contributed by atoms with E-state index in [2.05, 4.69) is 5.32 Å². The van der Waals surface area contributed by atoms with Crippen LogP contribution >= 0.6 is 12.4 Å². The molecule has 1 aromatic rings. The minimum atomic E-state index is -4.53. The molecule has 0 amide bonds. The van der Waals surface area contributed by atoms with E-state index in [1.807, 2.05) is 0 Å². The second-order valence-corrected chi connectivity index (χ2v) is 4.91. The van der Waals surface area contributed by atoms with Crippen molar-refractivity contribution in [1.82, 2.24) is 10.2 Å². The van der Waals surface area contributed by atoms with Gasteiger partial charge in [-0.1, -0.05) is 0 Å². The summed E-state index contributed by atoms with van der Waals surface area (Å²) in [6.45, 7) is 1.47. The summed E-state index contributed by atoms with van der Waals surface area (Å²) in [5.74, 6) is -3.93. The lowest BCUT2D eigenvalue weighted by Crippen LogP contribution is -2.46. The third-order valence-corrected chi connectivity index (χ3v) is 3.42. The highest BCUT2D eigenvalue weighted by Crippen LogP contribution is 2.35. The van der Waals surface area contributed by atoms with Crippen LogP contribution in [0.2, 0.25) is 0 Å². The quantitative estimate of drug-likeness (QED) is 0.665. The fraction of sp³-hybridized carbons (Fsp3) is 0.538. The first-order chi connectivity index (χ1) is 9.78. The van der Waals surface area contributed by atoms with Crippen LogP contribution in [0.5, 0.6) is 0 Å². The van der Waals surface area contributed by atoms with E-state index in [1.54, 1.807) is 0 Å². The van der Waals surface area contributed by atoms with E-state index in [0.29, 0.717) is 19.2 Å². The first kappa shape index (κ1) is 19.1. The SMILES string of the molecule is Cl.Fc1cc(F)c([C@@H](CC(F)(F)F)N2CCNCC2)cc1F. The lowest BCUT2D eigenvalue weighted by molar-refractivity contribution is -0.149. The summed E-state index contributed by atoms with van der Waals surface area (Å²) in [6, 6.07) is -0.554. The van der Waals surface area contributed by atoms with Crippen molar-refractivity contribution in [1.29, 1.82) is 0 Å². The van der Waals surface area contributed by atoms with Gasteiger partial charge in [0.05, 0.1) is 6.42 Å². The molecular formula is C13H15ClF6N2. The summed E-state index contributed by atoms with van der Waals surface area (Å²) in [5.41, 5.74) is -0.465. The van der Waals surface area contributed by atoms with Gasteiger partial charge in [-0.2, -0.15) is 13.2 Å². The normalized spacial score (nSPS) is 17.9. The molecule has 0 aliphatic carbocycles. The Balaban J connectivity index is 0.00000242. The Hall–Kier alpha value is -0.990. The fourth-order valence-corrected chi connectivity index (χ4v) is 2.44. The van der Waals surface area contributed by atoms with Crippen molar-refractivity contribution in [3.63, 3.8) is 0 Å². The molecule has 2 nitrogen and oxygen atoms in total. The van der Waals surface area contributed by atoms with Crippen LogP contribution in [-0.2, 0) is 0 Å². The number of hydrogen-bond donors (Lipinski definition) is 1. The highest BCUT2D eigenvalue weighted by molar-refractivity contribution is 5.85. The number of benzene rings is 1. The monoisotopic (exact) mass is 348 g/mol. The summed E-state index contributed by atoms with van der Waals surface area (Å²) >= 11 is 0. The van der Waals surface area contributed by atoms with Gasteiger partial charge in [0.25, 0.3) is 0 Å². The number of rotatable bonds is 3. The lowest BCUT2D eigenvalue weighted by atomic mass is 10.00. The molecule has 1 fully saturated rings. The highest BCUT2D eigenvalue weighted by Gasteiger charge is 2.37. The minimum absolute atomic E-state index is 0. The zero-order chi connectivity index (χ0) is 15.6. The maximum atomic E-state index is 13.8. The van der Waals surface area contributed by atoms with Crippen molar-refractivity contribution in [2.75, 3.05) is 26.2 Å². The third kappa shape index (κ3) is 4.76. The number of nitrogens with zero attached hydrogens (tertiary/aromatic N) is 1. The molecule has 1 aromatic carbocycles. The topological polar surface area (TPSA) is 15.3 Å². The van der Waals surface area contributed by atoms with Gasteiger partial charge in [-0.05, 0) is 6.07 Å². The largest absolute Gasteiger partial charge is 0.390 e. The average molecular weight is 349 g/mol. The van der Waals surface area contributed by atoms with Gasteiger partial charge in [0, 0.05) is 43.9 Å². The molecule has 0 saturated carbocycles. The molecule has 0 radical (unpaired) electrons. The van der Waals surface area contributed by atoms with Crippen LogP contribution < -0.4 is 5.32 Å². The van der Waals surface area contributed by atoms with Crippen molar-refractivity contribution in [2.24, 2.45) is 0 Å². The Bertz CT molecular complexity index is 502. The predicted octanol–water partition coefficient (Wildman–Crippen LogP) is 3.42.